The van der Waals surface area contributed by atoms with Gasteiger partial charge in [-0.2, -0.15) is 0 Å². The van der Waals surface area contributed by atoms with Crippen LogP contribution in [0.5, 0.6) is 0 Å². The topological polar surface area (TPSA) is 45.2 Å². The molecule has 2 aliphatic heterocycles. The minimum atomic E-state index is -0.171. The van der Waals surface area contributed by atoms with E-state index in [9.17, 15) is 0 Å². The minimum absolute atomic E-state index is 0.171. The molecule has 5 nitrogen and oxygen atoms in total. The highest BCUT2D eigenvalue weighted by Crippen LogP contribution is 2.47. The van der Waals surface area contributed by atoms with Crippen molar-refractivity contribution in [3.05, 3.63) is 303 Å². The van der Waals surface area contributed by atoms with Crippen molar-refractivity contribution in [3.8, 4) is 89.8 Å². The molecule has 81 heavy (non-hydrogen) atoms. The monoisotopic (exact) mass is 1030 g/mol. The molecule has 1 aromatic heterocycles. The lowest BCUT2D eigenvalue weighted by atomic mass is 9.33. The van der Waals surface area contributed by atoms with Crippen LogP contribution >= 0.6 is 0 Å². The second-order valence-electron chi connectivity index (χ2n) is 20.8. The van der Waals surface area contributed by atoms with Crippen molar-refractivity contribution in [3.63, 3.8) is 0 Å². The minimum Gasteiger partial charge on any atom is -0.311 e. The van der Waals surface area contributed by atoms with Gasteiger partial charge in [-0.05, 0) is 127 Å². The van der Waals surface area contributed by atoms with E-state index in [0.29, 0.717) is 17.5 Å². The SMILES string of the molecule is c1ccc(-c2ccc(N3c4ccc(-c5ccccc5)cc4B4c5cc(-c6ccccc6)ccc5N(c5ccc(-c6ccccc6)cc5)c5cc(-c6nc(-c7ccccc7)nc(-c7cccc(-c8ccccc8)c7)n6)cc3c54)cc2)cc1. The molecule has 0 bridgehead atoms. The molecule has 0 N–H and O–H groups in total. The molecule has 0 atom stereocenters. The Labute approximate surface area is 472 Å². The summed E-state index contributed by atoms with van der Waals surface area (Å²) in [5.41, 5.74) is 24.3. The largest absolute Gasteiger partial charge is 0.311 e. The third kappa shape index (κ3) is 8.76. The highest BCUT2D eigenvalue weighted by molar-refractivity contribution is 7.00. The summed E-state index contributed by atoms with van der Waals surface area (Å²) < 4.78 is 0. The zero-order valence-corrected chi connectivity index (χ0v) is 44.2. The Morgan fingerprint density at radius 1 is 0.210 bits per heavy atom. The summed E-state index contributed by atoms with van der Waals surface area (Å²) in [6.07, 6.45) is 0. The second-order valence-corrected chi connectivity index (χ2v) is 20.8. The molecule has 15 rings (SSSR count). The highest BCUT2D eigenvalue weighted by atomic mass is 15.2. The van der Waals surface area contributed by atoms with Crippen molar-refractivity contribution in [2.24, 2.45) is 0 Å². The van der Waals surface area contributed by atoms with E-state index >= 15 is 0 Å². The van der Waals surface area contributed by atoms with Gasteiger partial charge in [0.15, 0.2) is 17.5 Å². The van der Waals surface area contributed by atoms with Gasteiger partial charge >= 0.3 is 0 Å². The summed E-state index contributed by atoms with van der Waals surface area (Å²) in [5.74, 6) is 1.78. The average molecular weight is 1030 g/mol. The number of anilines is 6. The van der Waals surface area contributed by atoms with Crippen molar-refractivity contribution in [2.75, 3.05) is 9.80 Å². The van der Waals surface area contributed by atoms with Gasteiger partial charge < -0.3 is 9.80 Å². The summed E-state index contributed by atoms with van der Waals surface area (Å²) in [6, 6.07) is 109. The van der Waals surface area contributed by atoms with Gasteiger partial charge in [0.25, 0.3) is 6.71 Å². The molecule has 0 amide bonds. The fourth-order valence-electron chi connectivity index (χ4n) is 12.0. The van der Waals surface area contributed by atoms with Gasteiger partial charge in [0.05, 0.1) is 0 Å². The van der Waals surface area contributed by atoms with Crippen LogP contribution in [-0.4, -0.2) is 21.7 Å². The Kier molecular flexibility index (Phi) is 11.9. The first-order valence-electron chi connectivity index (χ1n) is 27.6. The predicted octanol–water partition coefficient (Wildman–Crippen LogP) is 17.3. The van der Waals surface area contributed by atoms with E-state index in [-0.39, 0.29) is 6.71 Å². The Morgan fingerprint density at radius 3 is 0.914 bits per heavy atom. The molecule has 378 valence electrons. The van der Waals surface area contributed by atoms with Gasteiger partial charge in [-0.25, -0.2) is 15.0 Å². The highest BCUT2D eigenvalue weighted by Gasteiger charge is 2.44. The number of aromatic nitrogens is 3. The fourth-order valence-corrected chi connectivity index (χ4v) is 12.0. The Balaban J connectivity index is 1.02. The van der Waals surface area contributed by atoms with Crippen molar-refractivity contribution < 1.29 is 0 Å². The standard InChI is InChI=1S/C75H50BN5/c1-7-20-51(21-8-1)56-34-40-64(41-35-56)80-68-44-38-60(54-26-13-4-14-27-54)47-66(68)76-67-48-61(55-28-15-5-16-29-55)39-45-69(67)81(65-42-36-57(37-43-65)52-22-9-2-10-23-52)71-50-63(49-70(80)72(71)76)75-78-73(58-30-17-6-18-31-58)77-74(79-75)62-33-19-32-59(46-62)53-24-11-3-12-25-53/h1-50H. The van der Waals surface area contributed by atoms with E-state index in [0.717, 1.165) is 84.2 Å². The van der Waals surface area contributed by atoms with Crippen LogP contribution in [0.1, 0.15) is 0 Å². The summed E-state index contributed by atoms with van der Waals surface area (Å²) in [7, 11) is 0. The summed E-state index contributed by atoms with van der Waals surface area (Å²) in [5, 5.41) is 0. The molecule has 0 aliphatic carbocycles. The molecular formula is C75H50BN5. The number of nitrogens with zero attached hydrogens (tertiary/aromatic N) is 5. The molecule has 0 saturated carbocycles. The van der Waals surface area contributed by atoms with Gasteiger partial charge in [0, 0.05) is 50.8 Å². The maximum Gasteiger partial charge on any atom is 0.252 e. The van der Waals surface area contributed by atoms with Gasteiger partial charge in [0.2, 0.25) is 0 Å². The first kappa shape index (κ1) is 47.5. The third-order valence-electron chi connectivity index (χ3n) is 15.9. The van der Waals surface area contributed by atoms with Crippen LogP contribution in [0, 0.1) is 0 Å². The number of fused-ring (bicyclic) bond motifs is 4. The van der Waals surface area contributed by atoms with E-state index in [1.165, 1.54) is 38.6 Å². The fraction of sp³-hybridized carbons (Fsp3) is 0. The summed E-state index contributed by atoms with van der Waals surface area (Å²) >= 11 is 0. The summed E-state index contributed by atoms with van der Waals surface area (Å²) in [4.78, 5) is 21.2. The molecule has 0 saturated heterocycles. The smallest absolute Gasteiger partial charge is 0.252 e. The van der Waals surface area contributed by atoms with Crippen LogP contribution < -0.4 is 26.2 Å². The molecule has 2 aliphatic rings. The van der Waals surface area contributed by atoms with Crippen molar-refractivity contribution >= 4 is 57.2 Å². The van der Waals surface area contributed by atoms with Crippen LogP contribution in [0.4, 0.5) is 34.1 Å². The van der Waals surface area contributed by atoms with Crippen LogP contribution in [0.25, 0.3) is 89.8 Å². The van der Waals surface area contributed by atoms with E-state index in [1.807, 2.05) is 18.2 Å². The van der Waals surface area contributed by atoms with Crippen LogP contribution in [0.2, 0.25) is 0 Å². The van der Waals surface area contributed by atoms with E-state index in [2.05, 4.69) is 295 Å². The number of benzene rings is 12. The zero-order valence-electron chi connectivity index (χ0n) is 44.2. The number of hydrogen-bond donors (Lipinski definition) is 0. The lowest BCUT2D eigenvalue weighted by Gasteiger charge is -2.44. The van der Waals surface area contributed by atoms with Gasteiger partial charge in [-0.15, -0.1) is 0 Å². The average Bonchev–Trinajstić information content (AvgIpc) is 3.22. The van der Waals surface area contributed by atoms with Crippen LogP contribution in [0.15, 0.2) is 303 Å². The Bertz CT molecular complexity index is 4230. The molecule has 12 aromatic carbocycles. The normalized spacial score (nSPS) is 12.1. The number of hydrogen-bond acceptors (Lipinski definition) is 5. The first-order valence-corrected chi connectivity index (χ1v) is 27.6. The molecule has 6 heteroatoms. The van der Waals surface area contributed by atoms with E-state index in [1.54, 1.807) is 0 Å². The second kappa shape index (κ2) is 20.3. The third-order valence-corrected chi connectivity index (χ3v) is 15.9. The molecule has 0 unspecified atom stereocenters. The Morgan fingerprint density at radius 2 is 0.506 bits per heavy atom. The van der Waals surface area contributed by atoms with Gasteiger partial charge in [-0.1, -0.05) is 249 Å². The van der Waals surface area contributed by atoms with Crippen molar-refractivity contribution in [2.45, 2.75) is 0 Å². The Hall–Kier alpha value is -10.7. The van der Waals surface area contributed by atoms with E-state index in [4.69, 9.17) is 15.0 Å². The molecule has 0 radical (unpaired) electrons. The molecule has 0 spiro atoms. The van der Waals surface area contributed by atoms with E-state index < -0.39 is 0 Å². The van der Waals surface area contributed by atoms with Crippen LogP contribution in [0.3, 0.4) is 0 Å². The maximum absolute atomic E-state index is 5.50. The molecule has 13 aromatic rings. The van der Waals surface area contributed by atoms with Crippen LogP contribution in [-0.2, 0) is 0 Å². The van der Waals surface area contributed by atoms with Gasteiger partial charge in [0.1, 0.15) is 0 Å². The zero-order chi connectivity index (χ0) is 53.6. The lowest BCUT2D eigenvalue weighted by molar-refractivity contribution is 1.07. The lowest BCUT2D eigenvalue weighted by Crippen LogP contribution is -2.61. The van der Waals surface area contributed by atoms with Crippen molar-refractivity contribution in [1.29, 1.82) is 0 Å². The summed E-state index contributed by atoms with van der Waals surface area (Å²) in [6.45, 7) is -0.171. The quantitative estimate of drug-likeness (QED) is 0.128. The molecule has 3 heterocycles. The number of rotatable bonds is 10. The van der Waals surface area contributed by atoms with Gasteiger partial charge in [-0.3, -0.25) is 0 Å². The van der Waals surface area contributed by atoms with Crippen molar-refractivity contribution in [1.82, 2.24) is 15.0 Å². The predicted molar refractivity (Wildman–Crippen MR) is 337 cm³/mol. The molecular weight excluding hydrogens is 982 g/mol. The maximum atomic E-state index is 5.50. The first-order chi connectivity index (χ1) is 40.1. The molecule has 0 fully saturated rings.